The summed E-state index contributed by atoms with van der Waals surface area (Å²) in [6.07, 6.45) is 0. The van der Waals surface area contributed by atoms with E-state index in [1.54, 1.807) is 6.07 Å². The van der Waals surface area contributed by atoms with Gasteiger partial charge in [-0.15, -0.1) is 0 Å². The molecule has 1 radical (unpaired) electrons. The van der Waals surface area contributed by atoms with E-state index in [4.69, 9.17) is 14.4 Å². The normalized spacial score (nSPS) is 13.4. The van der Waals surface area contributed by atoms with Gasteiger partial charge in [0.15, 0.2) is 0 Å². The highest BCUT2D eigenvalue weighted by Gasteiger charge is 2.51. The zero-order valence-electron chi connectivity index (χ0n) is 19.7. The Morgan fingerprint density at radius 3 is 2.03 bits per heavy atom. The van der Waals surface area contributed by atoms with Gasteiger partial charge in [-0.05, 0) is 75.8 Å². The third-order valence-electron chi connectivity index (χ3n) is 7.42. The van der Waals surface area contributed by atoms with Gasteiger partial charge in [-0.3, -0.25) is 0 Å². The van der Waals surface area contributed by atoms with Crippen LogP contribution in [-0.4, -0.2) is 12.7 Å². The van der Waals surface area contributed by atoms with E-state index < -0.39 is 5.41 Å². The number of hydrogen-bond donors (Lipinski definition) is 1. The van der Waals surface area contributed by atoms with Crippen molar-refractivity contribution in [1.29, 1.82) is 5.26 Å². The maximum absolute atomic E-state index is 9.82. The van der Waals surface area contributed by atoms with Gasteiger partial charge in [0.05, 0.1) is 17.0 Å². The van der Waals surface area contributed by atoms with Crippen molar-refractivity contribution in [2.75, 3.05) is 0 Å². The van der Waals surface area contributed by atoms with E-state index in [1.807, 2.05) is 66.7 Å². The Balaban J connectivity index is 1.58. The number of nitrogens with zero attached hydrogens (tertiary/aromatic N) is 1. The van der Waals surface area contributed by atoms with Crippen LogP contribution in [-0.2, 0) is 5.41 Å². The Bertz CT molecular complexity index is 1710. The Morgan fingerprint density at radius 2 is 1.32 bits per heavy atom. The molecule has 0 amide bonds. The fourth-order valence-electron chi connectivity index (χ4n) is 5.96. The average Bonchev–Trinajstić information content (AvgIpc) is 3.23. The molecule has 0 unspecified atom stereocenters. The van der Waals surface area contributed by atoms with E-state index in [0.29, 0.717) is 19.0 Å². The molecule has 7 rings (SSSR count). The highest BCUT2D eigenvalue weighted by molar-refractivity contribution is 6.17. The van der Waals surface area contributed by atoms with Crippen LogP contribution in [0.5, 0.6) is 17.2 Å². The van der Waals surface area contributed by atoms with E-state index in [1.165, 1.54) is 0 Å². The summed E-state index contributed by atoms with van der Waals surface area (Å²) in [5.74, 6) is 2.17. The summed E-state index contributed by atoms with van der Waals surface area (Å²) in [6, 6.07) is 38.8. The van der Waals surface area contributed by atoms with Gasteiger partial charge >= 0.3 is 7.69 Å². The van der Waals surface area contributed by atoms with E-state index in [-0.39, 0.29) is 0 Å². The molecular formula is C32H19BNO3. The first-order chi connectivity index (χ1) is 18.2. The van der Waals surface area contributed by atoms with Gasteiger partial charge in [0.2, 0.25) is 0 Å². The molecule has 0 atom stereocenters. The van der Waals surface area contributed by atoms with Crippen LogP contribution < -0.4 is 9.39 Å². The minimum absolute atomic E-state index is 0.555. The monoisotopic (exact) mass is 476 g/mol. The highest BCUT2D eigenvalue weighted by atomic mass is 16.5. The van der Waals surface area contributed by atoms with Crippen LogP contribution in [0.25, 0.3) is 22.3 Å². The first kappa shape index (κ1) is 21.5. The molecule has 4 nitrogen and oxygen atoms in total. The van der Waals surface area contributed by atoms with Crippen molar-refractivity contribution in [3.8, 4) is 45.6 Å². The molecule has 0 saturated carbocycles. The predicted molar refractivity (Wildman–Crippen MR) is 143 cm³/mol. The molecule has 1 aliphatic carbocycles. The second-order valence-electron chi connectivity index (χ2n) is 9.23. The number of para-hydroxylation sites is 2. The van der Waals surface area contributed by atoms with Crippen molar-refractivity contribution in [3.05, 3.63) is 137 Å². The summed E-state index contributed by atoms with van der Waals surface area (Å²) in [6.45, 7) is 0. The Labute approximate surface area is 215 Å². The first-order valence-corrected chi connectivity index (χ1v) is 12.0. The lowest BCUT2D eigenvalue weighted by Gasteiger charge is -2.39. The molecule has 0 bridgehead atoms. The van der Waals surface area contributed by atoms with Crippen LogP contribution in [0.15, 0.2) is 109 Å². The molecule has 1 heterocycles. The fourth-order valence-corrected chi connectivity index (χ4v) is 5.96. The number of ether oxygens (including phenoxy) is 1. The van der Waals surface area contributed by atoms with Gasteiger partial charge in [-0.1, -0.05) is 66.7 Å². The van der Waals surface area contributed by atoms with Crippen LogP contribution in [0.2, 0.25) is 0 Å². The number of nitriles is 1. The number of rotatable bonds is 3. The molecule has 5 aromatic rings. The van der Waals surface area contributed by atoms with E-state index in [9.17, 15) is 5.26 Å². The van der Waals surface area contributed by atoms with Crippen LogP contribution in [0.3, 0.4) is 0 Å². The summed E-state index contributed by atoms with van der Waals surface area (Å²) >= 11 is 0. The highest BCUT2D eigenvalue weighted by Crippen LogP contribution is 2.62. The van der Waals surface area contributed by atoms with Crippen LogP contribution in [0.4, 0.5) is 0 Å². The van der Waals surface area contributed by atoms with Gasteiger partial charge in [-0.2, -0.15) is 5.26 Å². The van der Waals surface area contributed by atoms with Gasteiger partial charge in [0, 0.05) is 11.1 Å². The van der Waals surface area contributed by atoms with E-state index >= 15 is 0 Å². The maximum Gasteiger partial charge on any atom is 0.569 e. The van der Waals surface area contributed by atoms with Gasteiger partial charge in [-0.25, -0.2) is 0 Å². The second-order valence-corrected chi connectivity index (χ2v) is 9.23. The minimum atomic E-state index is -0.647. The zero-order valence-corrected chi connectivity index (χ0v) is 19.7. The average molecular weight is 476 g/mol. The van der Waals surface area contributed by atoms with Crippen molar-refractivity contribution in [2.24, 2.45) is 0 Å². The Kier molecular flexibility index (Phi) is 4.72. The third kappa shape index (κ3) is 3.00. The lowest BCUT2D eigenvalue weighted by molar-refractivity contribution is 0.436. The van der Waals surface area contributed by atoms with Gasteiger partial charge < -0.3 is 14.4 Å². The molecule has 2 aliphatic rings. The van der Waals surface area contributed by atoms with Crippen LogP contribution in [0.1, 0.15) is 27.8 Å². The summed E-state index contributed by atoms with van der Waals surface area (Å²) in [5, 5.41) is 18.9. The molecular weight excluding hydrogens is 457 g/mol. The lowest BCUT2D eigenvalue weighted by Crippen LogP contribution is -2.32. The van der Waals surface area contributed by atoms with Crippen LogP contribution >= 0.6 is 0 Å². The predicted octanol–water partition coefficient (Wildman–Crippen LogP) is 6.60. The van der Waals surface area contributed by atoms with E-state index in [0.717, 1.165) is 56.0 Å². The lowest BCUT2D eigenvalue weighted by atomic mass is 9.65. The molecule has 37 heavy (non-hydrogen) atoms. The summed E-state index contributed by atoms with van der Waals surface area (Å²) in [4.78, 5) is 0. The standard InChI is InChI=1S/C32H19BNO3/c34-19-20-12-14-24-25-15-13-22(21-6-5-7-23(17-21)37-33-35)18-29(25)32(28(24)16-20)26-8-1-3-10-30(26)36-31-11-4-2-9-27(31)32/h1-18,35H. The molecule has 1 N–H and O–H groups in total. The summed E-state index contributed by atoms with van der Waals surface area (Å²) < 4.78 is 11.6. The van der Waals surface area contributed by atoms with Crippen molar-refractivity contribution in [1.82, 2.24) is 0 Å². The summed E-state index contributed by atoms with van der Waals surface area (Å²) in [7, 11) is 0.691. The molecule has 1 spiro atoms. The molecule has 5 heteroatoms. The summed E-state index contributed by atoms with van der Waals surface area (Å²) in [5.41, 5.74) is 8.53. The van der Waals surface area contributed by atoms with Crippen molar-refractivity contribution < 1.29 is 14.4 Å². The number of benzene rings is 5. The fraction of sp³-hybridized carbons (Fsp3) is 0.0312. The minimum Gasteiger partial charge on any atom is -0.537 e. The van der Waals surface area contributed by atoms with Crippen molar-refractivity contribution in [3.63, 3.8) is 0 Å². The molecule has 1 aliphatic heterocycles. The Hall–Kier alpha value is -4.79. The number of hydrogen-bond acceptors (Lipinski definition) is 4. The topological polar surface area (TPSA) is 62.5 Å². The zero-order chi connectivity index (χ0) is 25.0. The molecule has 0 saturated heterocycles. The van der Waals surface area contributed by atoms with Gasteiger partial charge in [0.1, 0.15) is 17.2 Å². The molecule has 0 fully saturated rings. The molecule has 0 aromatic heterocycles. The van der Waals surface area contributed by atoms with Crippen LogP contribution in [0, 0.1) is 11.3 Å². The van der Waals surface area contributed by atoms with Crippen molar-refractivity contribution >= 4 is 7.69 Å². The van der Waals surface area contributed by atoms with E-state index in [2.05, 4.69) is 42.5 Å². The third-order valence-corrected chi connectivity index (χ3v) is 7.42. The largest absolute Gasteiger partial charge is 0.569 e. The smallest absolute Gasteiger partial charge is 0.537 e. The first-order valence-electron chi connectivity index (χ1n) is 12.0. The SMILES string of the molecule is N#Cc1ccc2c(c1)C1(c3ccccc3Oc3ccccc31)c1cc(-c3cccc(O[B]O)c3)ccc1-2. The number of fused-ring (bicyclic) bond motifs is 9. The molecule has 5 aromatic carbocycles. The molecule has 173 valence electrons. The Morgan fingerprint density at radius 1 is 0.676 bits per heavy atom. The van der Waals surface area contributed by atoms with Gasteiger partial charge in [0.25, 0.3) is 0 Å². The quantitative estimate of drug-likeness (QED) is 0.292. The maximum atomic E-state index is 9.82. The van der Waals surface area contributed by atoms with Crippen molar-refractivity contribution in [2.45, 2.75) is 5.41 Å². The second kappa shape index (κ2) is 8.13.